The third-order valence-electron chi connectivity index (χ3n) is 9.59. The van der Waals surface area contributed by atoms with Crippen LogP contribution in [0, 0.1) is 6.92 Å². The van der Waals surface area contributed by atoms with Crippen molar-refractivity contribution >= 4 is 57.2 Å². The summed E-state index contributed by atoms with van der Waals surface area (Å²) in [6.45, 7) is 16.3. The number of hydrogen-bond donors (Lipinski definition) is 0. The molecule has 8 rings (SSSR count). The molecule has 0 amide bonds. The fraction of sp³-hybridized carbons (Fsp3) is 0.250. The van der Waals surface area contributed by atoms with Gasteiger partial charge in [0.2, 0.25) is 6.79 Å². The van der Waals surface area contributed by atoms with Crippen LogP contribution in [0.4, 0.5) is 34.1 Å². The number of benzene rings is 5. The smallest absolute Gasteiger partial charge is 0.252 e. The van der Waals surface area contributed by atoms with E-state index in [-0.39, 0.29) is 24.3 Å². The molecule has 224 valence electrons. The molecule has 3 aliphatic rings. The summed E-state index contributed by atoms with van der Waals surface area (Å²) in [5.74, 6) is 1.58. The van der Waals surface area contributed by atoms with E-state index in [9.17, 15) is 0 Å². The second kappa shape index (κ2) is 9.68. The number of rotatable bonds is 2. The molecular formula is C40H39BN2O2. The van der Waals surface area contributed by atoms with E-state index < -0.39 is 0 Å². The van der Waals surface area contributed by atoms with Gasteiger partial charge in [0, 0.05) is 34.5 Å². The highest BCUT2D eigenvalue weighted by molar-refractivity contribution is 7.00. The van der Waals surface area contributed by atoms with Gasteiger partial charge in [-0.3, -0.25) is 0 Å². The van der Waals surface area contributed by atoms with Crippen molar-refractivity contribution in [3.63, 3.8) is 0 Å². The summed E-state index contributed by atoms with van der Waals surface area (Å²) in [7, 11) is 0. The summed E-state index contributed by atoms with van der Waals surface area (Å²) in [5, 5.41) is 0. The molecule has 0 aromatic heterocycles. The molecule has 0 unspecified atom stereocenters. The van der Waals surface area contributed by atoms with E-state index in [0.717, 1.165) is 17.2 Å². The Kier molecular flexibility index (Phi) is 6.00. The molecular weight excluding hydrogens is 551 g/mol. The number of aryl methyl sites for hydroxylation is 1. The van der Waals surface area contributed by atoms with Crippen LogP contribution in [0.1, 0.15) is 58.2 Å². The van der Waals surface area contributed by atoms with E-state index in [1.165, 1.54) is 61.5 Å². The molecule has 0 saturated heterocycles. The lowest BCUT2D eigenvalue weighted by atomic mass is 9.33. The summed E-state index contributed by atoms with van der Waals surface area (Å²) in [4.78, 5) is 4.90. The summed E-state index contributed by atoms with van der Waals surface area (Å²) in [5.41, 5.74) is 15.1. The van der Waals surface area contributed by atoms with Gasteiger partial charge < -0.3 is 19.3 Å². The van der Waals surface area contributed by atoms with Crippen LogP contribution in [0.15, 0.2) is 97.1 Å². The zero-order chi connectivity index (χ0) is 31.2. The monoisotopic (exact) mass is 590 g/mol. The van der Waals surface area contributed by atoms with Gasteiger partial charge in [-0.2, -0.15) is 0 Å². The molecule has 0 N–H and O–H groups in total. The van der Waals surface area contributed by atoms with Gasteiger partial charge in [-0.15, -0.1) is 0 Å². The number of ether oxygens (including phenoxy) is 2. The Hall–Kier alpha value is -4.64. The Labute approximate surface area is 267 Å². The van der Waals surface area contributed by atoms with Crippen molar-refractivity contribution in [3.05, 3.63) is 114 Å². The van der Waals surface area contributed by atoms with Gasteiger partial charge in [0.15, 0.2) is 11.5 Å². The number of hydrogen-bond acceptors (Lipinski definition) is 4. The summed E-state index contributed by atoms with van der Waals surface area (Å²) < 4.78 is 11.5. The Morgan fingerprint density at radius 1 is 0.556 bits per heavy atom. The van der Waals surface area contributed by atoms with Crippen molar-refractivity contribution in [2.24, 2.45) is 0 Å². The predicted octanol–water partition coefficient (Wildman–Crippen LogP) is 8.40. The van der Waals surface area contributed by atoms with Crippen LogP contribution in [-0.4, -0.2) is 13.5 Å². The van der Waals surface area contributed by atoms with Gasteiger partial charge in [-0.05, 0) is 99.4 Å². The van der Waals surface area contributed by atoms with Crippen molar-refractivity contribution in [1.82, 2.24) is 0 Å². The van der Waals surface area contributed by atoms with Crippen LogP contribution in [0.25, 0.3) is 0 Å². The van der Waals surface area contributed by atoms with Crippen LogP contribution < -0.4 is 35.7 Å². The lowest BCUT2D eigenvalue weighted by Gasteiger charge is -2.44. The van der Waals surface area contributed by atoms with Crippen molar-refractivity contribution in [2.75, 3.05) is 16.6 Å². The minimum absolute atomic E-state index is 0.0251. The first-order valence-corrected chi connectivity index (χ1v) is 16.0. The fourth-order valence-corrected chi connectivity index (χ4v) is 7.25. The van der Waals surface area contributed by atoms with Gasteiger partial charge in [0.1, 0.15) is 0 Å². The van der Waals surface area contributed by atoms with Crippen molar-refractivity contribution in [1.29, 1.82) is 0 Å². The van der Waals surface area contributed by atoms with Crippen LogP contribution in [-0.2, 0) is 10.8 Å². The van der Waals surface area contributed by atoms with Crippen molar-refractivity contribution in [3.8, 4) is 11.5 Å². The third kappa shape index (κ3) is 4.35. The van der Waals surface area contributed by atoms with Gasteiger partial charge in [-0.1, -0.05) is 84.0 Å². The summed E-state index contributed by atoms with van der Waals surface area (Å²) >= 11 is 0. The molecule has 5 aromatic carbocycles. The molecule has 5 aromatic rings. The maximum atomic E-state index is 5.85. The van der Waals surface area contributed by atoms with E-state index >= 15 is 0 Å². The lowest BCUT2D eigenvalue weighted by molar-refractivity contribution is 0.174. The Morgan fingerprint density at radius 2 is 1.16 bits per heavy atom. The molecule has 5 heteroatoms. The highest BCUT2D eigenvalue weighted by atomic mass is 16.7. The zero-order valence-corrected chi connectivity index (χ0v) is 27.2. The second-order valence-corrected chi connectivity index (χ2v) is 14.7. The zero-order valence-electron chi connectivity index (χ0n) is 27.2. The van der Waals surface area contributed by atoms with Crippen LogP contribution >= 0.6 is 0 Å². The first-order valence-electron chi connectivity index (χ1n) is 16.0. The summed E-state index contributed by atoms with van der Waals surface area (Å²) in [6, 6.07) is 36.2. The quantitative estimate of drug-likeness (QED) is 0.189. The molecule has 0 spiro atoms. The van der Waals surface area contributed by atoms with Gasteiger partial charge in [0.25, 0.3) is 6.71 Å². The van der Waals surface area contributed by atoms with Gasteiger partial charge in [0.05, 0.1) is 5.69 Å². The predicted molar refractivity (Wildman–Crippen MR) is 189 cm³/mol. The van der Waals surface area contributed by atoms with Gasteiger partial charge in [-0.25, -0.2) is 0 Å². The molecule has 0 saturated carbocycles. The van der Waals surface area contributed by atoms with Crippen molar-refractivity contribution in [2.45, 2.75) is 59.3 Å². The number of nitrogens with zero attached hydrogens (tertiary/aromatic N) is 2. The lowest BCUT2D eigenvalue weighted by Crippen LogP contribution is -2.61. The highest BCUT2D eigenvalue weighted by Gasteiger charge is 2.43. The normalized spacial score (nSPS) is 14.7. The minimum Gasteiger partial charge on any atom is -0.454 e. The number of fused-ring (bicyclic) bond motifs is 5. The maximum Gasteiger partial charge on any atom is 0.252 e. The molecule has 0 aliphatic carbocycles. The molecule has 0 radical (unpaired) electrons. The van der Waals surface area contributed by atoms with E-state index in [4.69, 9.17) is 9.47 Å². The highest BCUT2D eigenvalue weighted by Crippen LogP contribution is 2.46. The first kappa shape index (κ1) is 27.9. The average molecular weight is 591 g/mol. The van der Waals surface area contributed by atoms with E-state index in [0.29, 0.717) is 0 Å². The molecule has 3 heterocycles. The maximum absolute atomic E-state index is 5.85. The van der Waals surface area contributed by atoms with E-state index in [1.807, 2.05) is 6.07 Å². The molecule has 3 aliphatic heterocycles. The van der Waals surface area contributed by atoms with Crippen LogP contribution in [0.3, 0.4) is 0 Å². The van der Waals surface area contributed by atoms with Crippen LogP contribution in [0.2, 0.25) is 0 Å². The molecule has 0 fully saturated rings. The van der Waals surface area contributed by atoms with Crippen LogP contribution in [0.5, 0.6) is 11.5 Å². The standard InChI is InChI=1S/C40H39BN2O2/c1-25-20-34-38-35(21-25)43(29-17-19-36-37(23-29)45-24-44-36)32-11-9-8-10-30(32)41(38)31-22-27(40(5,6)7)14-18-33(31)42(34)28-15-12-26(13-16-28)39(2,3)4/h8-23H,24H2,1-7H3. The second-order valence-electron chi connectivity index (χ2n) is 14.7. The number of anilines is 6. The van der Waals surface area contributed by atoms with E-state index in [1.54, 1.807) is 0 Å². The number of para-hydroxylation sites is 1. The first-order chi connectivity index (χ1) is 21.5. The Balaban J connectivity index is 1.43. The van der Waals surface area contributed by atoms with E-state index in [2.05, 4.69) is 149 Å². The molecule has 0 bridgehead atoms. The Bertz CT molecular complexity index is 1980. The Morgan fingerprint density at radius 3 is 1.87 bits per heavy atom. The summed E-state index contributed by atoms with van der Waals surface area (Å²) in [6.07, 6.45) is 0. The fourth-order valence-electron chi connectivity index (χ4n) is 7.25. The minimum atomic E-state index is 0.0251. The van der Waals surface area contributed by atoms with Crippen molar-refractivity contribution < 1.29 is 9.47 Å². The topological polar surface area (TPSA) is 24.9 Å². The molecule has 0 atom stereocenters. The van der Waals surface area contributed by atoms with Gasteiger partial charge >= 0.3 is 0 Å². The third-order valence-corrected chi connectivity index (χ3v) is 9.59. The average Bonchev–Trinajstić information content (AvgIpc) is 3.48. The molecule has 4 nitrogen and oxygen atoms in total. The largest absolute Gasteiger partial charge is 0.454 e. The molecule has 45 heavy (non-hydrogen) atoms. The SMILES string of the molecule is Cc1cc2c3c(c1)N(c1ccc(C(C)(C)C)cc1)c1ccc(C(C)(C)C)cc1B3c1ccccc1N2c1ccc2c(c1)OCO2.